The molecule has 0 aromatic rings. The van der Waals surface area contributed by atoms with Crippen molar-refractivity contribution in [1.29, 1.82) is 0 Å². The first-order valence-electron chi connectivity index (χ1n) is 7.28. The molecule has 1 N–H and O–H groups in total. The van der Waals surface area contributed by atoms with Crippen LogP contribution in [-0.4, -0.2) is 25.8 Å². The van der Waals surface area contributed by atoms with Crippen LogP contribution >= 0.6 is 0 Å². The van der Waals surface area contributed by atoms with Crippen molar-refractivity contribution in [3.8, 4) is 0 Å². The van der Waals surface area contributed by atoms with Gasteiger partial charge in [0, 0.05) is 13.2 Å². The van der Waals surface area contributed by atoms with Gasteiger partial charge in [-0.05, 0) is 33.7 Å². The zero-order valence-corrected chi connectivity index (χ0v) is 12.6. The molecule has 0 bridgehead atoms. The standard InChI is InChI=1S/C15H33NO/c1-6-7-8-9-10-11-12-14(16-4)13-15(2,3)17-5/h14,16H,6-13H2,1-5H3. The molecule has 0 radical (unpaired) electrons. The van der Waals surface area contributed by atoms with Crippen LogP contribution in [0.25, 0.3) is 0 Å². The fourth-order valence-corrected chi connectivity index (χ4v) is 2.20. The van der Waals surface area contributed by atoms with Crippen LogP contribution in [0.4, 0.5) is 0 Å². The van der Waals surface area contributed by atoms with E-state index in [1.54, 1.807) is 7.11 Å². The highest BCUT2D eigenvalue weighted by Crippen LogP contribution is 2.19. The van der Waals surface area contributed by atoms with Gasteiger partial charge in [-0.25, -0.2) is 0 Å². The molecular formula is C15H33NO. The van der Waals surface area contributed by atoms with Gasteiger partial charge in [-0.3, -0.25) is 0 Å². The molecular weight excluding hydrogens is 210 g/mol. The quantitative estimate of drug-likeness (QED) is 0.551. The number of hydrogen-bond donors (Lipinski definition) is 1. The van der Waals surface area contributed by atoms with Gasteiger partial charge >= 0.3 is 0 Å². The van der Waals surface area contributed by atoms with Gasteiger partial charge in [0.05, 0.1) is 5.60 Å². The van der Waals surface area contributed by atoms with Crippen LogP contribution in [0.15, 0.2) is 0 Å². The van der Waals surface area contributed by atoms with Crippen LogP contribution < -0.4 is 5.32 Å². The fraction of sp³-hybridized carbons (Fsp3) is 1.00. The molecule has 0 aliphatic carbocycles. The largest absolute Gasteiger partial charge is 0.379 e. The summed E-state index contributed by atoms with van der Waals surface area (Å²) in [5.41, 5.74) is -0.00408. The molecule has 1 unspecified atom stereocenters. The first kappa shape index (κ1) is 16.9. The van der Waals surface area contributed by atoms with Crippen LogP contribution in [0.2, 0.25) is 0 Å². The average Bonchev–Trinajstić information content (AvgIpc) is 2.32. The molecule has 0 saturated heterocycles. The van der Waals surface area contributed by atoms with Gasteiger partial charge in [0.1, 0.15) is 0 Å². The van der Waals surface area contributed by atoms with Crippen LogP contribution in [0, 0.1) is 0 Å². The van der Waals surface area contributed by atoms with E-state index in [1.165, 1.54) is 44.9 Å². The van der Waals surface area contributed by atoms with Crippen molar-refractivity contribution in [2.24, 2.45) is 0 Å². The summed E-state index contributed by atoms with van der Waals surface area (Å²) in [4.78, 5) is 0. The number of nitrogens with one attached hydrogen (secondary N) is 1. The monoisotopic (exact) mass is 243 g/mol. The summed E-state index contributed by atoms with van der Waals surface area (Å²) in [6, 6.07) is 0.594. The van der Waals surface area contributed by atoms with Crippen LogP contribution in [0.5, 0.6) is 0 Å². The van der Waals surface area contributed by atoms with Crippen molar-refractivity contribution in [3.05, 3.63) is 0 Å². The maximum atomic E-state index is 5.49. The van der Waals surface area contributed by atoms with Gasteiger partial charge in [-0.15, -0.1) is 0 Å². The van der Waals surface area contributed by atoms with Crippen molar-refractivity contribution < 1.29 is 4.74 Å². The molecule has 0 aromatic carbocycles. The Bertz CT molecular complexity index is 168. The van der Waals surface area contributed by atoms with E-state index in [-0.39, 0.29) is 5.60 Å². The molecule has 104 valence electrons. The summed E-state index contributed by atoms with van der Waals surface area (Å²) in [5, 5.41) is 3.41. The summed E-state index contributed by atoms with van der Waals surface area (Å²) >= 11 is 0. The molecule has 17 heavy (non-hydrogen) atoms. The van der Waals surface area contributed by atoms with Crippen LogP contribution in [0.3, 0.4) is 0 Å². The SMILES string of the molecule is CCCCCCCCC(CC(C)(C)OC)NC. The second-order valence-electron chi connectivity index (χ2n) is 5.71. The molecule has 0 amide bonds. The number of rotatable bonds is 11. The van der Waals surface area contributed by atoms with Crippen molar-refractivity contribution >= 4 is 0 Å². The predicted octanol–water partition coefficient (Wildman–Crippen LogP) is 4.14. The molecule has 0 aliphatic rings. The first-order chi connectivity index (χ1) is 8.05. The van der Waals surface area contributed by atoms with Crippen LogP contribution in [-0.2, 0) is 4.74 Å². The van der Waals surface area contributed by atoms with Crippen molar-refractivity contribution in [2.75, 3.05) is 14.2 Å². The topological polar surface area (TPSA) is 21.3 Å². The molecule has 0 aliphatic heterocycles. The summed E-state index contributed by atoms with van der Waals surface area (Å²) in [6.45, 7) is 6.60. The van der Waals surface area contributed by atoms with E-state index >= 15 is 0 Å². The smallest absolute Gasteiger partial charge is 0.0637 e. The molecule has 0 saturated carbocycles. The van der Waals surface area contributed by atoms with E-state index in [1.807, 2.05) is 0 Å². The Morgan fingerprint density at radius 3 is 2.18 bits per heavy atom. The van der Waals surface area contributed by atoms with E-state index in [4.69, 9.17) is 4.74 Å². The Labute approximate surface area is 109 Å². The van der Waals surface area contributed by atoms with E-state index in [0.717, 1.165) is 6.42 Å². The van der Waals surface area contributed by atoms with Crippen molar-refractivity contribution in [1.82, 2.24) is 5.32 Å². The summed E-state index contributed by atoms with van der Waals surface area (Å²) < 4.78 is 5.49. The third-order valence-corrected chi connectivity index (χ3v) is 3.60. The molecule has 2 nitrogen and oxygen atoms in total. The predicted molar refractivity (Wildman–Crippen MR) is 76.5 cm³/mol. The van der Waals surface area contributed by atoms with E-state index in [9.17, 15) is 0 Å². The van der Waals surface area contributed by atoms with Gasteiger partial charge in [0.15, 0.2) is 0 Å². The van der Waals surface area contributed by atoms with Crippen LogP contribution in [0.1, 0.15) is 72.1 Å². The second kappa shape index (κ2) is 9.90. The highest BCUT2D eigenvalue weighted by molar-refractivity contribution is 4.77. The summed E-state index contributed by atoms with van der Waals surface area (Å²) in [6.07, 6.45) is 10.6. The highest BCUT2D eigenvalue weighted by atomic mass is 16.5. The molecule has 0 spiro atoms. The normalized spacial score (nSPS) is 13.9. The first-order valence-corrected chi connectivity index (χ1v) is 7.28. The molecule has 0 aromatic heterocycles. The molecule has 0 fully saturated rings. The Kier molecular flexibility index (Phi) is 9.85. The molecule has 0 heterocycles. The Balaban J connectivity index is 3.61. The Morgan fingerprint density at radius 1 is 1.06 bits per heavy atom. The Morgan fingerprint density at radius 2 is 1.65 bits per heavy atom. The summed E-state index contributed by atoms with van der Waals surface area (Å²) in [7, 11) is 3.87. The lowest BCUT2D eigenvalue weighted by molar-refractivity contribution is 0.00681. The Hall–Kier alpha value is -0.0800. The lowest BCUT2D eigenvalue weighted by Gasteiger charge is -2.28. The van der Waals surface area contributed by atoms with E-state index < -0.39 is 0 Å². The molecule has 2 heteroatoms. The van der Waals surface area contributed by atoms with Gasteiger partial charge in [-0.1, -0.05) is 45.4 Å². The van der Waals surface area contributed by atoms with Gasteiger partial charge in [-0.2, -0.15) is 0 Å². The maximum Gasteiger partial charge on any atom is 0.0637 e. The zero-order valence-electron chi connectivity index (χ0n) is 12.6. The lowest BCUT2D eigenvalue weighted by Crippen LogP contribution is -2.35. The van der Waals surface area contributed by atoms with E-state index in [0.29, 0.717) is 6.04 Å². The van der Waals surface area contributed by atoms with Gasteiger partial charge < -0.3 is 10.1 Å². The third-order valence-electron chi connectivity index (χ3n) is 3.60. The number of hydrogen-bond acceptors (Lipinski definition) is 2. The third kappa shape index (κ3) is 9.61. The average molecular weight is 243 g/mol. The van der Waals surface area contributed by atoms with Crippen molar-refractivity contribution in [2.45, 2.75) is 83.8 Å². The maximum absolute atomic E-state index is 5.49. The minimum atomic E-state index is -0.00408. The number of methoxy groups -OCH3 is 1. The lowest BCUT2D eigenvalue weighted by atomic mass is 9.95. The highest BCUT2D eigenvalue weighted by Gasteiger charge is 2.21. The van der Waals surface area contributed by atoms with Gasteiger partial charge in [0.2, 0.25) is 0 Å². The summed E-state index contributed by atoms with van der Waals surface area (Å²) in [5.74, 6) is 0. The van der Waals surface area contributed by atoms with E-state index in [2.05, 4.69) is 33.1 Å². The second-order valence-corrected chi connectivity index (χ2v) is 5.71. The van der Waals surface area contributed by atoms with Gasteiger partial charge in [0.25, 0.3) is 0 Å². The minimum absolute atomic E-state index is 0.00408. The number of ether oxygens (including phenoxy) is 1. The minimum Gasteiger partial charge on any atom is -0.379 e. The number of unbranched alkanes of at least 4 members (excludes halogenated alkanes) is 5. The zero-order chi connectivity index (χ0) is 13.1. The molecule has 0 rings (SSSR count). The fourth-order valence-electron chi connectivity index (χ4n) is 2.20. The molecule has 1 atom stereocenters. The van der Waals surface area contributed by atoms with Crippen molar-refractivity contribution in [3.63, 3.8) is 0 Å².